The van der Waals surface area contributed by atoms with Crippen LogP contribution in [0.4, 0.5) is 0 Å². The fourth-order valence-corrected chi connectivity index (χ4v) is 1.96. The summed E-state index contributed by atoms with van der Waals surface area (Å²) in [5.41, 5.74) is 7.88. The van der Waals surface area contributed by atoms with Crippen molar-refractivity contribution < 1.29 is 15.0 Å². The molecule has 0 bridgehead atoms. The van der Waals surface area contributed by atoms with E-state index in [0.29, 0.717) is 5.56 Å². The molecule has 1 unspecified atom stereocenters. The Morgan fingerprint density at radius 3 is 2.39 bits per heavy atom. The van der Waals surface area contributed by atoms with Crippen LogP contribution in [-0.2, 0) is 10.2 Å². The number of carboxylic acid groups (broad SMARTS) is 1. The lowest BCUT2D eigenvalue weighted by molar-refractivity contribution is -0.137. The third-order valence-corrected chi connectivity index (χ3v) is 2.89. The van der Waals surface area contributed by atoms with Crippen molar-refractivity contribution in [2.24, 2.45) is 5.73 Å². The van der Waals surface area contributed by atoms with Gasteiger partial charge in [0, 0.05) is 11.6 Å². The Kier molecular flexibility index (Phi) is 4.02. The van der Waals surface area contributed by atoms with Crippen LogP contribution in [-0.4, -0.2) is 16.2 Å². The minimum Gasteiger partial charge on any atom is -0.507 e. The molecule has 0 aliphatic heterocycles. The van der Waals surface area contributed by atoms with Gasteiger partial charge >= 0.3 is 5.97 Å². The molecule has 0 spiro atoms. The fourth-order valence-electron chi connectivity index (χ4n) is 1.96. The maximum absolute atomic E-state index is 10.7. The predicted octanol–water partition coefficient (Wildman–Crippen LogP) is 2.47. The molecule has 0 heterocycles. The van der Waals surface area contributed by atoms with E-state index in [1.54, 1.807) is 6.07 Å². The minimum atomic E-state index is -0.972. The van der Waals surface area contributed by atoms with Gasteiger partial charge in [-0.25, -0.2) is 0 Å². The molecule has 1 rings (SSSR count). The SMILES string of the molecule is Cc1cc(C(N)CC(=O)O)c(O)c(C(C)(C)C)c1. The van der Waals surface area contributed by atoms with Gasteiger partial charge in [-0.15, -0.1) is 0 Å². The highest BCUT2D eigenvalue weighted by atomic mass is 16.4. The monoisotopic (exact) mass is 251 g/mol. The molecule has 1 atom stereocenters. The lowest BCUT2D eigenvalue weighted by Crippen LogP contribution is -2.18. The minimum absolute atomic E-state index is 0.113. The van der Waals surface area contributed by atoms with E-state index < -0.39 is 12.0 Å². The second-order valence-corrected chi connectivity index (χ2v) is 5.70. The van der Waals surface area contributed by atoms with Crippen LogP contribution in [0, 0.1) is 6.92 Å². The van der Waals surface area contributed by atoms with E-state index in [4.69, 9.17) is 10.8 Å². The summed E-state index contributed by atoms with van der Waals surface area (Å²) in [6.07, 6.45) is -0.194. The van der Waals surface area contributed by atoms with Gasteiger partial charge < -0.3 is 15.9 Å². The molecule has 0 fully saturated rings. The van der Waals surface area contributed by atoms with E-state index in [1.807, 2.05) is 33.8 Å². The van der Waals surface area contributed by atoms with Crippen LogP contribution >= 0.6 is 0 Å². The van der Waals surface area contributed by atoms with Crippen molar-refractivity contribution in [2.45, 2.75) is 45.6 Å². The average molecular weight is 251 g/mol. The first-order chi connectivity index (χ1) is 8.12. The number of aromatic hydroxyl groups is 1. The number of hydrogen-bond donors (Lipinski definition) is 3. The van der Waals surface area contributed by atoms with Crippen molar-refractivity contribution in [2.75, 3.05) is 0 Å². The lowest BCUT2D eigenvalue weighted by atomic mass is 9.83. The van der Waals surface area contributed by atoms with E-state index in [2.05, 4.69) is 0 Å². The maximum atomic E-state index is 10.7. The quantitative estimate of drug-likeness (QED) is 0.770. The number of phenols is 1. The molecular weight excluding hydrogens is 230 g/mol. The molecule has 0 aliphatic rings. The smallest absolute Gasteiger partial charge is 0.305 e. The number of carboxylic acids is 1. The molecule has 0 radical (unpaired) electrons. The Balaban J connectivity index is 3.29. The van der Waals surface area contributed by atoms with E-state index in [0.717, 1.165) is 11.1 Å². The molecule has 1 aromatic carbocycles. The van der Waals surface area contributed by atoms with Crippen LogP contribution in [0.1, 0.15) is 49.9 Å². The Morgan fingerprint density at radius 2 is 1.94 bits per heavy atom. The number of benzene rings is 1. The topological polar surface area (TPSA) is 83.6 Å². The number of aliphatic carboxylic acids is 1. The van der Waals surface area contributed by atoms with Crippen LogP contribution in [0.2, 0.25) is 0 Å². The fraction of sp³-hybridized carbons (Fsp3) is 0.500. The summed E-state index contributed by atoms with van der Waals surface area (Å²) < 4.78 is 0. The summed E-state index contributed by atoms with van der Waals surface area (Å²) in [6, 6.07) is 2.97. The van der Waals surface area contributed by atoms with Gasteiger partial charge in [-0.2, -0.15) is 0 Å². The van der Waals surface area contributed by atoms with Crippen molar-refractivity contribution in [3.05, 3.63) is 28.8 Å². The molecule has 0 aliphatic carbocycles. The van der Waals surface area contributed by atoms with E-state index in [9.17, 15) is 9.90 Å². The van der Waals surface area contributed by atoms with Crippen LogP contribution in [0.25, 0.3) is 0 Å². The predicted molar refractivity (Wildman–Crippen MR) is 70.7 cm³/mol. The third-order valence-electron chi connectivity index (χ3n) is 2.89. The summed E-state index contributed by atoms with van der Waals surface area (Å²) >= 11 is 0. The van der Waals surface area contributed by atoms with Gasteiger partial charge in [0.2, 0.25) is 0 Å². The van der Waals surface area contributed by atoms with Crippen molar-refractivity contribution >= 4 is 5.97 Å². The Morgan fingerprint density at radius 1 is 1.39 bits per heavy atom. The first-order valence-electron chi connectivity index (χ1n) is 5.94. The molecule has 100 valence electrons. The number of rotatable bonds is 3. The van der Waals surface area contributed by atoms with Crippen LogP contribution in [0.15, 0.2) is 12.1 Å². The molecule has 0 amide bonds. The normalized spacial score (nSPS) is 13.4. The molecule has 0 saturated carbocycles. The largest absolute Gasteiger partial charge is 0.507 e. The Hall–Kier alpha value is -1.55. The third kappa shape index (κ3) is 3.23. The standard InChI is InChI=1S/C14H21NO3/c1-8-5-9(11(15)7-12(16)17)13(18)10(6-8)14(2,3)4/h5-6,11,18H,7,15H2,1-4H3,(H,16,17). The number of nitrogens with two attached hydrogens (primary N) is 1. The van der Waals surface area contributed by atoms with Crippen molar-refractivity contribution in [1.29, 1.82) is 0 Å². The molecule has 1 aromatic rings. The first-order valence-corrected chi connectivity index (χ1v) is 5.94. The molecule has 4 N–H and O–H groups in total. The second kappa shape index (κ2) is 4.98. The summed E-state index contributed by atoms with van der Waals surface area (Å²) in [5, 5.41) is 19.0. The van der Waals surface area contributed by atoms with E-state index in [1.165, 1.54) is 0 Å². The Bertz CT molecular complexity index is 461. The van der Waals surface area contributed by atoms with Crippen molar-refractivity contribution in [1.82, 2.24) is 0 Å². The first kappa shape index (κ1) is 14.5. The highest BCUT2D eigenvalue weighted by molar-refractivity contribution is 5.68. The van der Waals surface area contributed by atoms with Gasteiger partial charge in [-0.3, -0.25) is 4.79 Å². The van der Waals surface area contributed by atoms with Crippen LogP contribution < -0.4 is 5.73 Å². The number of carbonyl (C=O) groups is 1. The van der Waals surface area contributed by atoms with Gasteiger partial charge in [0.05, 0.1) is 6.42 Å². The number of aryl methyl sites for hydroxylation is 1. The molecule has 0 aromatic heterocycles. The van der Waals surface area contributed by atoms with Crippen LogP contribution in [0.5, 0.6) is 5.75 Å². The van der Waals surface area contributed by atoms with Gasteiger partial charge in [-0.05, 0) is 17.9 Å². The zero-order valence-corrected chi connectivity index (χ0v) is 11.3. The van der Waals surface area contributed by atoms with Gasteiger partial charge in [0.1, 0.15) is 5.75 Å². The van der Waals surface area contributed by atoms with Crippen LogP contribution in [0.3, 0.4) is 0 Å². The van der Waals surface area contributed by atoms with Gasteiger partial charge in [0.15, 0.2) is 0 Å². The van der Waals surface area contributed by atoms with E-state index in [-0.39, 0.29) is 17.6 Å². The molecule has 4 heteroatoms. The molecule has 18 heavy (non-hydrogen) atoms. The maximum Gasteiger partial charge on any atom is 0.305 e. The average Bonchev–Trinajstić information content (AvgIpc) is 2.18. The zero-order valence-electron chi connectivity index (χ0n) is 11.3. The lowest BCUT2D eigenvalue weighted by Gasteiger charge is -2.24. The van der Waals surface area contributed by atoms with Gasteiger partial charge in [0.25, 0.3) is 0 Å². The molecule has 0 saturated heterocycles. The van der Waals surface area contributed by atoms with E-state index >= 15 is 0 Å². The van der Waals surface area contributed by atoms with Gasteiger partial charge in [-0.1, -0.05) is 38.5 Å². The summed E-state index contributed by atoms with van der Waals surface area (Å²) in [7, 11) is 0. The summed E-state index contributed by atoms with van der Waals surface area (Å²) in [6.45, 7) is 7.89. The number of phenolic OH excluding ortho intramolecular Hbond substituents is 1. The highest BCUT2D eigenvalue weighted by Crippen LogP contribution is 2.37. The van der Waals surface area contributed by atoms with Crippen molar-refractivity contribution in [3.8, 4) is 5.75 Å². The molecular formula is C14H21NO3. The molecule has 4 nitrogen and oxygen atoms in total. The zero-order chi connectivity index (χ0) is 14.1. The number of hydrogen-bond acceptors (Lipinski definition) is 3. The summed E-state index contributed by atoms with van der Waals surface area (Å²) in [4.78, 5) is 10.7. The Labute approximate surface area is 107 Å². The summed E-state index contributed by atoms with van der Waals surface area (Å²) in [5.74, 6) is -0.859. The highest BCUT2D eigenvalue weighted by Gasteiger charge is 2.23. The van der Waals surface area contributed by atoms with Crippen molar-refractivity contribution in [3.63, 3.8) is 0 Å². The second-order valence-electron chi connectivity index (χ2n) is 5.70.